The summed E-state index contributed by atoms with van der Waals surface area (Å²) in [6.45, 7) is 0. The molecule has 3 nitrogen and oxygen atoms in total. The van der Waals surface area contributed by atoms with Crippen molar-refractivity contribution < 1.29 is 13.9 Å². The van der Waals surface area contributed by atoms with Crippen molar-refractivity contribution in [1.82, 2.24) is 0 Å². The maximum atomic E-state index is 13.2. The number of benzene rings is 1. The first kappa shape index (κ1) is 14.0. The van der Waals surface area contributed by atoms with Crippen molar-refractivity contribution in [3.05, 3.63) is 35.6 Å². The number of rotatable bonds is 6. The molecule has 1 unspecified atom stereocenters. The minimum atomic E-state index is -0.590. The Morgan fingerprint density at radius 2 is 2.24 bits per heavy atom. The molecule has 0 radical (unpaired) electrons. The number of halogens is 1. The van der Waals surface area contributed by atoms with Crippen LogP contribution in [-0.4, -0.2) is 24.9 Å². The quantitative estimate of drug-likeness (QED) is 0.625. The molecule has 0 fully saturated rings. The van der Waals surface area contributed by atoms with E-state index in [9.17, 15) is 9.18 Å². The number of carbonyl (C=O) groups excluding carboxylic acids is 1. The summed E-state index contributed by atoms with van der Waals surface area (Å²) in [4.78, 5) is 11.0. The number of methoxy groups -OCH3 is 1. The third kappa shape index (κ3) is 4.75. The SMILES string of the molecule is COC(=O)C(N)CCSCc1ccccc1F. The summed E-state index contributed by atoms with van der Waals surface area (Å²) >= 11 is 1.55. The second-order valence-corrected chi connectivity index (χ2v) is 4.67. The first-order chi connectivity index (χ1) is 8.15. The van der Waals surface area contributed by atoms with Gasteiger partial charge in [-0.3, -0.25) is 4.79 Å². The second kappa shape index (κ2) is 7.29. The van der Waals surface area contributed by atoms with Gasteiger partial charge in [0.05, 0.1) is 7.11 Å². The van der Waals surface area contributed by atoms with E-state index in [0.717, 1.165) is 0 Å². The molecule has 0 aliphatic carbocycles. The van der Waals surface area contributed by atoms with E-state index in [1.54, 1.807) is 30.0 Å². The second-order valence-electron chi connectivity index (χ2n) is 3.56. The van der Waals surface area contributed by atoms with Crippen molar-refractivity contribution in [1.29, 1.82) is 0 Å². The predicted octanol–water partition coefficient (Wildman–Crippen LogP) is 1.95. The molecule has 17 heavy (non-hydrogen) atoms. The normalized spacial score (nSPS) is 12.2. The number of nitrogens with two attached hydrogens (primary N) is 1. The number of esters is 1. The van der Waals surface area contributed by atoms with Crippen molar-refractivity contribution in [3.8, 4) is 0 Å². The van der Waals surface area contributed by atoms with Gasteiger partial charge in [-0.1, -0.05) is 18.2 Å². The van der Waals surface area contributed by atoms with Crippen LogP contribution in [0.4, 0.5) is 4.39 Å². The Morgan fingerprint density at radius 3 is 2.88 bits per heavy atom. The third-order valence-corrected chi connectivity index (χ3v) is 3.33. The maximum absolute atomic E-state index is 13.2. The zero-order chi connectivity index (χ0) is 12.7. The van der Waals surface area contributed by atoms with E-state index in [2.05, 4.69) is 4.74 Å². The topological polar surface area (TPSA) is 52.3 Å². The lowest BCUT2D eigenvalue weighted by Gasteiger charge is -2.08. The van der Waals surface area contributed by atoms with E-state index in [4.69, 9.17) is 5.73 Å². The van der Waals surface area contributed by atoms with E-state index < -0.39 is 12.0 Å². The van der Waals surface area contributed by atoms with E-state index in [-0.39, 0.29) is 5.82 Å². The summed E-state index contributed by atoms with van der Waals surface area (Å²) in [6.07, 6.45) is 0.534. The fourth-order valence-corrected chi connectivity index (χ4v) is 2.30. The van der Waals surface area contributed by atoms with Gasteiger partial charge in [-0.2, -0.15) is 11.8 Å². The highest BCUT2D eigenvalue weighted by molar-refractivity contribution is 7.98. The summed E-state index contributed by atoms with van der Waals surface area (Å²) in [5.74, 6) is 0.680. The Hall–Kier alpha value is -1.07. The van der Waals surface area contributed by atoms with Gasteiger partial charge in [-0.15, -0.1) is 0 Å². The van der Waals surface area contributed by atoms with Gasteiger partial charge in [-0.25, -0.2) is 4.39 Å². The molecule has 0 bridgehead atoms. The third-order valence-electron chi connectivity index (χ3n) is 2.29. The summed E-state index contributed by atoms with van der Waals surface area (Å²) in [5, 5.41) is 0. The monoisotopic (exact) mass is 257 g/mol. The van der Waals surface area contributed by atoms with Gasteiger partial charge in [0, 0.05) is 5.75 Å². The van der Waals surface area contributed by atoms with Crippen LogP contribution in [0.3, 0.4) is 0 Å². The zero-order valence-corrected chi connectivity index (χ0v) is 10.5. The Morgan fingerprint density at radius 1 is 1.53 bits per heavy atom. The number of hydrogen-bond donors (Lipinski definition) is 1. The molecule has 1 rings (SSSR count). The molecule has 94 valence electrons. The molecule has 0 saturated carbocycles. The van der Waals surface area contributed by atoms with Crippen molar-refractivity contribution >= 4 is 17.7 Å². The summed E-state index contributed by atoms with van der Waals surface area (Å²) in [7, 11) is 1.31. The van der Waals surface area contributed by atoms with Crippen molar-refractivity contribution in [3.63, 3.8) is 0 Å². The zero-order valence-electron chi connectivity index (χ0n) is 9.69. The molecule has 0 aliphatic heterocycles. The Kier molecular flexibility index (Phi) is 6.00. The Balaban J connectivity index is 2.25. The fourth-order valence-electron chi connectivity index (χ4n) is 1.28. The average Bonchev–Trinajstić information content (AvgIpc) is 2.35. The van der Waals surface area contributed by atoms with Gasteiger partial charge in [0.15, 0.2) is 0 Å². The van der Waals surface area contributed by atoms with Crippen molar-refractivity contribution in [2.24, 2.45) is 5.73 Å². The summed E-state index contributed by atoms with van der Waals surface area (Å²) in [6, 6.07) is 6.07. The van der Waals surface area contributed by atoms with Gasteiger partial charge >= 0.3 is 5.97 Å². The number of hydrogen-bond acceptors (Lipinski definition) is 4. The van der Waals surface area contributed by atoms with Crippen LogP contribution < -0.4 is 5.73 Å². The van der Waals surface area contributed by atoms with Crippen LogP contribution in [0.5, 0.6) is 0 Å². The van der Waals surface area contributed by atoms with Gasteiger partial charge in [0.1, 0.15) is 11.9 Å². The minimum Gasteiger partial charge on any atom is -0.468 e. The molecular weight excluding hydrogens is 241 g/mol. The number of carbonyl (C=O) groups is 1. The smallest absolute Gasteiger partial charge is 0.322 e. The Labute approximate surface area is 105 Å². The first-order valence-electron chi connectivity index (χ1n) is 5.29. The molecule has 0 heterocycles. The van der Waals surface area contributed by atoms with Crippen LogP contribution in [0.2, 0.25) is 0 Å². The summed E-state index contributed by atoms with van der Waals surface area (Å²) in [5.41, 5.74) is 6.25. The molecule has 0 aliphatic rings. The minimum absolute atomic E-state index is 0.197. The largest absolute Gasteiger partial charge is 0.468 e. The molecule has 0 amide bonds. The van der Waals surface area contributed by atoms with Gasteiger partial charge < -0.3 is 10.5 Å². The lowest BCUT2D eigenvalue weighted by molar-refractivity contribution is -0.142. The molecule has 0 aromatic heterocycles. The van der Waals surface area contributed by atoms with Crippen LogP contribution in [0.1, 0.15) is 12.0 Å². The van der Waals surface area contributed by atoms with Crippen molar-refractivity contribution in [2.75, 3.05) is 12.9 Å². The van der Waals surface area contributed by atoms with Crippen molar-refractivity contribution in [2.45, 2.75) is 18.2 Å². The highest BCUT2D eigenvalue weighted by Crippen LogP contribution is 2.16. The molecule has 0 saturated heterocycles. The van der Waals surface area contributed by atoms with Crippen LogP contribution in [-0.2, 0) is 15.3 Å². The standard InChI is InChI=1S/C12H16FNO2S/c1-16-12(15)11(14)6-7-17-8-9-4-2-3-5-10(9)13/h2-5,11H,6-8,14H2,1H3. The van der Waals surface area contributed by atoms with E-state index in [1.807, 2.05) is 0 Å². The lowest BCUT2D eigenvalue weighted by Crippen LogP contribution is -2.31. The van der Waals surface area contributed by atoms with Crippen LogP contribution in [0.25, 0.3) is 0 Å². The first-order valence-corrected chi connectivity index (χ1v) is 6.45. The van der Waals surface area contributed by atoms with Crippen LogP contribution >= 0.6 is 11.8 Å². The molecule has 1 atom stereocenters. The molecule has 1 aromatic carbocycles. The maximum Gasteiger partial charge on any atom is 0.322 e. The molecular formula is C12H16FNO2S. The Bertz CT molecular complexity index is 373. The number of thioether (sulfide) groups is 1. The van der Waals surface area contributed by atoms with Gasteiger partial charge in [-0.05, 0) is 23.8 Å². The molecule has 0 spiro atoms. The van der Waals surface area contributed by atoms with E-state index >= 15 is 0 Å². The van der Waals surface area contributed by atoms with Crippen LogP contribution in [0.15, 0.2) is 24.3 Å². The number of ether oxygens (including phenoxy) is 1. The fraction of sp³-hybridized carbons (Fsp3) is 0.417. The van der Waals surface area contributed by atoms with E-state index in [0.29, 0.717) is 23.5 Å². The van der Waals surface area contributed by atoms with Gasteiger partial charge in [0.25, 0.3) is 0 Å². The highest BCUT2D eigenvalue weighted by Gasteiger charge is 2.12. The van der Waals surface area contributed by atoms with Gasteiger partial charge in [0.2, 0.25) is 0 Å². The molecule has 5 heteroatoms. The van der Waals surface area contributed by atoms with E-state index in [1.165, 1.54) is 13.2 Å². The summed E-state index contributed by atoms with van der Waals surface area (Å²) < 4.78 is 17.8. The lowest BCUT2D eigenvalue weighted by atomic mass is 10.2. The van der Waals surface area contributed by atoms with Crippen LogP contribution in [0, 0.1) is 5.82 Å². The predicted molar refractivity (Wildman–Crippen MR) is 67.2 cm³/mol. The highest BCUT2D eigenvalue weighted by atomic mass is 32.2. The average molecular weight is 257 g/mol. The molecule has 1 aromatic rings. The molecule has 2 N–H and O–H groups in total.